The molecule has 9 heteroatoms. The molecule has 166 valence electrons. The minimum Gasteiger partial charge on any atom is -0.324 e. The summed E-state index contributed by atoms with van der Waals surface area (Å²) in [4.78, 5) is 23.5. The normalized spacial score (nSPS) is 11.1. The van der Waals surface area contributed by atoms with Crippen molar-refractivity contribution < 1.29 is 18.1 Å². The fraction of sp³-hybridized carbons (Fsp3) is 0.174. The quantitative estimate of drug-likeness (QED) is 0.422. The van der Waals surface area contributed by atoms with Crippen LogP contribution in [0.4, 0.5) is 17.1 Å². The lowest BCUT2D eigenvalue weighted by atomic mass is 10.1. The fourth-order valence-electron chi connectivity index (χ4n) is 3.48. The Morgan fingerprint density at radius 2 is 1.59 bits per heavy atom. The maximum absolute atomic E-state index is 13.4. The lowest BCUT2D eigenvalue weighted by Gasteiger charge is -2.24. The van der Waals surface area contributed by atoms with Crippen LogP contribution in [0.3, 0.4) is 0 Å². The van der Waals surface area contributed by atoms with Gasteiger partial charge >= 0.3 is 0 Å². The van der Waals surface area contributed by atoms with Crippen LogP contribution in [0.5, 0.6) is 0 Å². The van der Waals surface area contributed by atoms with Crippen molar-refractivity contribution in [2.45, 2.75) is 25.7 Å². The summed E-state index contributed by atoms with van der Waals surface area (Å²) in [5.41, 5.74) is 3.10. The van der Waals surface area contributed by atoms with Gasteiger partial charge < -0.3 is 5.32 Å². The van der Waals surface area contributed by atoms with Crippen LogP contribution in [0.25, 0.3) is 0 Å². The molecule has 0 aromatic heterocycles. The summed E-state index contributed by atoms with van der Waals surface area (Å²) in [6.07, 6.45) is 0. The highest BCUT2D eigenvalue weighted by Crippen LogP contribution is 2.28. The second-order valence-electron chi connectivity index (χ2n) is 7.42. The number of amides is 1. The van der Waals surface area contributed by atoms with E-state index in [0.717, 1.165) is 27.1 Å². The van der Waals surface area contributed by atoms with E-state index in [1.807, 2.05) is 32.9 Å². The number of hydrogen-bond acceptors (Lipinski definition) is 5. The molecule has 0 aliphatic carbocycles. The first-order valence-electron chi connectivity index (χ1n) is 9.79. The van der Waals surface area contributed by atoms with E-state index in [0.29, 0.717) is 5.69 Å². The number of nitrogens with one attached hydrogen (secondary N) is 1. The summed E-state index contributed by atoms with van der Waals surface area (Å²) in [5.74, 6) is -0.564. The number of nitro groups is 1. The van der Waals surface area contributed by atoms with E-state index in [2.05, 4.69) is 5.32 Å². The zero-order chi connectivity index (χ0) is 23.5. The molecule has 3 aromatic carbocycles. The Kier molecular flexibility index (Phi) is 6.59. The third kappa shape index (κ3) is 4.94. The number of aryl methyl sites for hydroxylation is 3. The topological polar surface area (TPSA) is 110 Å². The van der Waals surface area contributed by atoms with Gasteiger partial charge in [0, 0.05) is 17.8 Å². The van der Waals surface area contributed by atoms with Crippen molar-refractivity contribution in [3.05, 3.63) is 93.5 Å². The van der Waals surface area contributed by atoms with Crippen LogP contribution in [-0.2, 0) is 14.8 Å². The summed E-state index contributed by atoms with van der Waals surface area (Å²) >= 11 is 0. The summed E-state index contributed by atoms with van der Waals surface area (Å²) in [7, 11) is -4.16. The van der Waals surface area contributed by atoms with Gasteiger partial charge in [-0.15, -0.1) is 0 Å². The number of carbonyl (C=O) groups is 1. The van der Waals surface area contributed by atoms with E-state index < -0.39 is 27.4 Å². The minimum absolute atomic E-state index is 0.0237. The van der Waals surface area contributed by atoms with Gasteiger partial charge in [0.05, 0.1) is 15.5 Å². The number of carbonyl (C=O) groups excluding carboxylic acids is 1. The van der Waals surface area contributed by atoms with Crippen molar-refractivity contribution in [2.24, 2.45) is 0 Å². The number of sulfonamides is 1. The van der Waals surface area contributed by atoms with Crippen molar-refractivity contribution in [2.75, 3.05) is 16.2 Å². The van der Waals surface area contributed by atoms with Gasteiger partial charge in [0.2, 0.25) is 5.91 Å². The monoisotopic (exact) mass is 453 g/mol. The molecule has 0 atom stereocenters. The molecule has 0 saturated heterocycles. The van der Waals surface area contributed by atoms with Gasteiger partial charge in [0.15, 0.2) is 0 Å². The van der Waals surface area contributed by atoms with Crippen LogP contribution >= 0.6 is 0 Å². The molecule has 0 saturated carbocycles. The van der Waals surface area contributed by atoms with Gasteiger partial charge in [-0.25, -0.2) is 8.42 Å². The summed E-state index contributed by atoms with van der Waals surface area (Å²) in [5, 5.41) is 14.0. The van der Waals surface area contributed by atoms with E-state index in [9.17, 15) is 23.3 Å². The zero-order valence-electron chi connectivity index (χ0n) is 17.9. The Labute approximate surface area is 186 Å². The third-order valence-electron chi connectivity index (χ3n) is 4.89. The molecule has 1 N–H and O–H groups in total. The average molecular weight is 454 g/mol. The molecule has 0 bridgehead atoms. The first-order valence-corrected chi connectivity index (χ1v) is 11.2. The number of nitro benzene ring substituents is 1. The molecule has 0 aliphatic heterocycles. The molecule has 32 heavy (non-hydrogen) atoms. The van der Waals surface area contributed by atoms with Crippen LogP contribution < -0.4 is 9.62 Å². The minimum atomic E-state index is -4.16. The zero-order valence-corrected chi connectivity index (χ0v) is 18.7. The molecule has 1 amide bonds. The second-order valence-corrected chi connectivity index (χ2v) is 9.29. The molecule has 0 radical (unpaired) electrons. The lowest BCUT2D eigenvalue weighted by Crippen LogP contribution is -2.38. The van der Waals surface area contributed by atoms with E-state index in [4.69, 9.17) is 0 Å². The summed E-state index contributed by atoms with van der Waals surface area (Å²) < 4.78 is 27.6. The molecule has 0 aliphatic rings. The van der Waals surface area contributed by atoms with Crippen molar-refractivity contribution in [1.29, 1.82) is 0 Å². The highest BCUT2D eigenvalue weighted by atomic mass is 32.2. The molecule has 3 aromatic rings. The maximum Gasteiger partial charge on any atom is 0.271 e. The molecule has 3 rings (SSSR count). The highest BCUT2D eigenvalue weighted by Gasteiger charge is 2.28. The van der Waals surface area contributed by atoms with Crippen molar-refractivity contribution in [3.63, 3.8) is 0 Å². The standard InChI is InChI=1S/C23H23N3O5S/c1-16-12-17(2)23(18(3)13-16)24-22(27)15-25(19-8-7-9-20(14-19)26(28)29)32(30,31)21-10-5-4-6-11-21/h4-14H,15H2,1-3H3,(H,24,27). The fourth-order valence-corrected chi connectivity index (χ4v) is 4.92. The van der Waals surface area contributed by atoms with Gasteiger partial charge in [-0.05, 0) is 50.1 Å². The highest BCUT2D eigenvalue weighted by molar-refractivity contribution is 7.92. The van der Waals surface area contributed by atoms with Crippen LogP contribution in [0.2, 0.25) is 0 Å². The molecule has 8 nitrogen and oxygen atoms in total. The number of hydrogen-bond donors (Lipinski definition) is 1. The van der Waals surface area contributed by atoms with Gasteiger partial charge in [0.1, 0.15) is 6.54 Å². The van der Waals surface area contributed by atoms with E-state index >= 15 is 0 Å². The van der Waals surface area contributed by atoms with Crippen LogP contribution in [-0.4, -0.2) is 25.8 Å². The van der Waals surface area contributed by atoms with Crippen molar-refractivity contribution >= 4 is 33.0 Å². The number of benzene rings is 3. The van der Waals surface area contributed by atoms with Gasteiger partial charge in [0.25, 0.3) is 15.7 Å². The molecule has 0 spiro atoms. The molecular formula is C23H23N3O5S. The van der Waals surface area contributed by atoms with E-state index in [1.165, 1.54) is 30.3 Å². The number of rotatable bonds is 7. The lowest BCUT2D eigenvalue weighted by molar-refractivity contribution is -0.384. The Morgan fingerprint density at radius 1 is 0.969 bits per heavy atom. The SMILES string of the molecule is Cc1cc(C)c(NC(=O)CN(c2cccc([N+](=O)[O-])c2)S(=O)(=O)c2ccccc2)c(C)c1. The predicted octanol–water partition coefficient (Wildman–Crippen LogP) is 4.35. The van der Waals surface area contributed by atoms with Gasteiger partial charge in [-0.2, -0.15) is 0 Å². The van der Waals surface area contributed by atoms with E-state index in [-0.39, 0.29) is 16.3 Å². The summed E-state index contributed by atoms with van der Waals surface area (Å²) in [6.45, 7) is 5.11. The van der Waals surface area contributed by atoms with Crippen molar-refractivity contribution in [3.8, 4) is 0 Å². The first kappa shape index (κ1) is 23.0. The Morgan fingerprint density at radius 3 is 2.19 bits per heavy atom. The second kappa shape index (κ2) is 9.19. The van der Waals surface area contributed by atoms with Gasteiger partial charge in [-0.1, -0.05) is 42.0 Å². The van der Waals surface area contributed by atoms with Gasteiger partial charge in [-0.3, -0.25) is 19.2 Å². The average Bonchev–Trinajstić information content (AvgIpc) is 2.75. The van der Waals surface area contributed by atoms with Crippen LogP contribution in [0, 0.1) is 30.9 Å². The first-order chi connectivity index (χ1) is 15.1. The Balaban J connectivity index is 2.01. The van der Waals surface area contributed by atoms with Crippen molar-refractivity contribution in [1.82, 2.24) is 0 Å². The van der Waals surface area contributed by atoms with Crippen LogP contribution in [0.15, 0.2) is 71.6 Å². The molecular weight excluding hydrogens is 430 g/mol. The largest absolute Gasteiger partial charge is 0.324 e. The summed E-state index contributed by atoms with van der Waals surface area (Å²) in [6, 6.07) is 16.7. The Bertz CT molecular complexity index is 1250. The smallest absolute Gasteiger partial charge is 0.271 e. The number of nitrogens with zero attached hydrogens (tertiary/aromatic N) is 2. The molecule has 0 heterocycles. The Hall–Kier alpha value is -3.72. The number of non-ortho nitro benzene ring substituents is 1. The predicted molar refractivity (Wildman–Crippen MR) is 123 cm³/mol. The van der Waals surface area contributed by atoms with Crippen LogP contribution in [0.1, 0.15) is 16.7 Å². The third-order valence-corrected chi connectivity index (χ3v) is 6.68. The maximum atomic E-state index is 13.4. The molecule has 0 unspecified atom stereocenters. The van der Waals surface area contributed by atoms with E-state index in [1.54, 1.807) is 18.2 Å². The number of anilines is 2. The molecule has 0 fully saturated rings.